The number of hydroxylamine groups is 2. The van der Waals surface area contributed by atoms with Gasteiger partial charge >= 0.3 is 11.9 Å². The summed E-state index contributed by atoms with van der Waals surface area (Å²) >= 11 is 0. The van der Waals surface area contributed by atoms with Crippen LogP contribution in [0, 0.1) is 5.92 Å². The van der Waals surface area contributed by atoms with E-state index in [4.69, 9.17) is 19.1 Å². The van der Waals surface area contributed by atoms with Gasteiger partial charge in [0.25, 0.3) is 0 Å². The van der Waals surface area contributed by atoms with Gasteiger partial charge in [-0.2, -0.15) is 0 Å². The molecule has 0 radical (unpaired) electrons. The summed E-state index contributed by atoms with van der Waals surface area (Å²) in [5.74, 6) is -1.85. The highest BCUT2D eigenvalue weighted by Gasteiger charge is 2.66. The first-order chi connectivity index (χ1) is 10.6. The predicted octanol–water partition coefficient (Wildman–Crippen LogP) is 1.14. The number of hydrogen-bond acceptors (Lipinski definition) is 7. The molecule has 1 saturated heterocycles. The van der Waals surface area contributed by atoms with Crippen LogP contribution in [-0.4, -0.2) is 49.6 Å². The minimum absolute atomic E-state index is 0.402. The summed E-state index contributed by atoms with van der Waals surface area (Å²) in [5.41, 5.74) is 1.47. The second-order valence-corrected chi connectivity index (χ2v) is 5.97. The third-order valence-corrected chi connectivity index (χ3v) is 4.91. The highest BCUT2D eigenvalue weighted by Crippen LogP contribution is 2.53. The molecule has 22 heavy (non-hydrogen) atoms. The molecule has 0 bridgehead atoms. The lowest BCUT2D eigenvalue weighted by Crippen LogP contribution is -2.56. The maximum Gasteiger partial charge on any atom is 0.338 e. The minimum atomic E-state index is -1.04. The number of methoxy groups -OCH3 is 2. The van der Waals surface area contributed by atoms with E-state index in [9.17, 15) is 9.59 Å². The lowest BCUT2D eigenvalue weighted by Gasteiger charge is -2.46. The van der Waals surface area contributed by atoms with E-state index in [1.165, 1.54) is 19.4 Å². The first-order valence-corrected chi connectivity index (χ1v) is 7.51. The van der Waals surface area contributed by atoms with Crippen LogP contribution in [0.5, 0.6) is 0 Å². The second kappa shape index (κ2) is 5.64. The Labute approximate surface area is 129 Å². The van der Waals surface area contributed by atoms with Gasteiger partial charge in [0, 0.05) is 0 Å². The zero-order chi connectivity index (χ0) is 15.9. The normalized spacial score (nSPS) is 34.9. The molecule has 2 heterocycles. The standard InChI is InChI=1S/C15H21NO6/c1-9-8-21-16-15(7-5-4-6-10(9)15)11(13(17)19-2)12(22-16)14(18)20-3/h11-12H,4-8H2,1-3H3/t11-,12-,15+/m1/s1. The zero-order valence-corrected chi connectivity index (χ0v) is 13.1. The van der Waals surface area contributed by atoms with Gasteiger partial charge in [-0.1, -0.05) is 11.6 Å². The Morgan fingerprint density at radius 1 is 1.23 bits per heavy atom. The van der Waals surface area contributed by atoms with Crippen LogP contribution in [0.15, 0.2) is 11.1 Å². The van der Waals surface area contributed by atoms with Crippen LogP contribution in [0.3, 0.4) is 0 Å². The van der Waals surface area contributed by atoms with E-state index in [0.717, 1.165) is 30.4 Å². The van der Waals surface area contributed by atoms with Crippen molar-refractivity contribution in [2.75, 3.05) is 20.8 Å². The van der Waals surface area contributed by atoms with Gasteiger partial charge in [0.05, 0.1) is 20.8 Å². The van der Waals surface area contributed by atoms with Gasteiger partial charge in [0.1, 0.15) is 11.5 Å². The van der Waals surface area contributed by atoms with E-state index in [0.29, 0.717) is 13.0 Å². The molecule has 2 aliphatic heterocycles. The molecule has 3 atom stereocenters. The van der Waals surface area contributed by atoms with Crippen LogP contribution in [-0.2, 0) is 28.7 Å². The van der Waals surface area contributed by atoms with E-state index >= 15 is 0 Å². The quantitative estimate of drug-likeness (QED) is 0.559. The molecule has 3 rings (SSSR count). The van der Waals surface area contributed by atoms with Crippen LogP contribution in [0.4, 0.5) is 0 Å². The van der Waals surface area contributed by atoms with Crippen molar-refractivity contribution in [2.45, 2.75) is 44.2 Å². The zero-order valence-electron chi connectivity index (χ0n) is 13.1. The topological polar surface area (TPSA) is 74.3 Å². The molecule has 0 N–H and O–H groups in total. The summed E-state index contributed by atoms with van der Waals surface area (Å²) in [6.45, 7) is 2.40. The lowest BCUT2D eigenvalue weighted by molar-refractivity contribution is -0.386. The molecule has 2 fully saturated rings. The van der Waals surface area contributed by atoms with Crippen LogP contribution in [0.25, 0.3) is 0 Å². The van der Waals surface area contributed by atoms with Gasteiger partial charge in [0.2, 0.25) is 0 Å². The Morgan fingerprint density at radius 3 is 2.64 bits per heavy atom. The molecule has 0 unspecified atom stereocenters. The summed E-state index contributed by atoms with van der Waals surface area (Å²) in [7, 11) is 2.59. The monoisotopic (exact) mass is 311 g/mol. The first kappa shape index (κ1) is 15.5. The number of hydrogen-bond donors (Lipinski definition) is 0. The highest BCUT2D eigenvalue weighted by atomic mass is 17.0. The average molecular weight is 311 g/mol. The molecule has 3 aliphatic rings. The first-order valence-electron chi connectivity index (χ1n) is 7.51. The Balaban J connectivity index is 2.11. The second-order valence-electron chi connectivity index (χ2n) is 5.97. The van der Waals surface area contributed by atoms with Crippen molar-refractivity contribution in [1.82, 2.24) is 5.23 Å². The van der Waals surface area contributed by atoms with Gasteiger partial charge in [-0.15, -0.1) is 0 Å². The van der Waals surface area contributed by atoms with Crippen molar-refractivity contribution >= 4 is 11.9 Å². The summed E-state index contributed by atoms with van der Waals surface area (Å²) in [4.78, 5) is 35.9. The molecule has 0 aromatic heterocycles. The fourth-order valence-electron chi connectivity index (χ4n) is 3.94. The van der Waals surface area contributed by atoms with Crippen molar-refractivity contribution in [3.05, 3.63) is 11.1 Å². The molecule has 7 nitrogen and oxygen atoms in total. The maximum absolute atomic E-state index is 12.4. The smallest absolute Gasteiger partial charge is 0.338 e. The van der Waals surface area contributed by atoms with E-state index in [1.54, 1.807) is 0 Å². The van der Waals surface area contributed by atoms with E-state index < -0.39 is 29.5 Å². The van der Waals surface area contributed by atoms with Crippen molar-refractivity contribution in [3.63, 3.8) is 0 Å². The highest BCUT2D eigenvalue weighted by molar-refractivity contribution is 5.86. The van der Waals surface area contributed by atoms with Crippen molar-refractivity contribution in [2.24, 2.45) is 5.92 Å². The van der Waals surface area contributed by atoms with Crippen LogP contribution in [0.1, 0.15) is 32.6 Å². The molecule has 0 amide bonds. The Hall–Kier alpha value is -1.44. The fourth-order valence-corrected chi connectivity index (χ4v) is 3.94. The summed E-state index contributed by atoms with van der Waals surface area (Å²) in [5, 5.41) is 1.36. The number of carbonyl (C=O) groups excluding carboxylic acids is 2. The number of carbonyl (C=O) groups is 2. The molecule has 0 aromatic rings. The van der Waals surface area contributed by atoms with Gasteiger partial charge < -0.3 is 9.47 Å². The molecular formula is C15H21NO6. The van der Waals surface area contributed by atoms with Gasteiger partial charge in [0.15, 0.2) is 6.10 Å². The van der Waals surface area contributed by atoms with E-state index in [-0.39, 0.29) is 0 Å². The van der Waals surface area contributed by atoms with Gasteiger partial charge in [-0.25, -0.2) is 4.79 Å². The van der Waals surface area contributed by atoms with Crippen molar-refractivity contribution in [1.29, 1.82) is 0 Å². The molecule has 122 valence electrons. The SMILES string of the molecule is COC(=O)[C@@H]1ON2OCC(C)=C3CCCC[C@@]32[C@H]1C(=O)OC. The lowest BCUT2D eigenvalue weighted by atomic mass is 9.67. The largest absolute Gasteiger partial charge is 0.469 e. The Morgan fingerprint density at radius 2 is 1.95 bits per heavy atom. The maximum atomic E-state index is 12.4. The fraction of sp³-hybridized carbons (Fsp3) is 0.733. The molecule has 7 heteroatoms. The van der Waals surface area contributed by atoms with Crippen molar-refractivity contribution in [3.8, 4) is 0 Å². The van der Waals surface area contributed by atoms with Crippen molar-refractivity contribution < 1.29 is 28.7 Å². The summed E-state index contributed by atoms with van der Waals surface area (Å²) < 4.78 is 9.75. The third kappa shape index (κ3) is 2.00. The van der Waals surface area contributed by atoms with E-state index in [2.05, 4.69) is 0 Å². The summed E-state index contributed by atoms with van der Waals surface area (Å²) in [6, 6.07) is 0. The number of rotatable bonds is 2. The predicted molar refractivity (Wildman–Crippen MR) is 74.1 cm³/mol. The van der Waals surface area contributed by atoms with Crippen LogP contribution < -0.4 is 0 Å². The van der Waals surface area contributed by atoms with Gasteiger partial charge in [-0.05, 0) is 37.3 Å². The number of ether oxygens (including phenoxy) is 2. The number of nitrogens with zero attached hydrogens (tertiary/aromatic N) is 1. The van der Waals surface area contributed by atoms with Gasteiger partial charge in [-0.3, -0.25) is 14.5 Å². The minimum Gasteiger partial charge on any atom is -0.469 e. The Bertz CT molecular complexity index is 530. The summed E-state index contributed by atoms with van der Waals surface area (Å²) in [6.07, 6.45) is 2.50. The molecule has 1 spiro atoms. The molecule has 0 aromatic carbocycles. The van der Waals surface area contributed by atoms with E-state index in [1.807, 2.05) is 6.92 Å². The molecular weight excluding hydrogens is 290 g/mol. The third-order valence-electron chi connectivity index (χ3n) is 4.91. The Kier molecular flexibility index (Phi) is 3.96. The molecule has 1 aliphatic carbocycles. The van der Waals surface area contributed by atoms with Crippen LogP contribution >= 0.6 is 0 Å². The average Bonchev–Trinajstić information content (AvgIpc) is 2.87. The van der Waals surface area contributed by atoms with Crippen LogP contribution in [0.2, 0.25) is 0 Å². The molecule has 1 saturated carbocycles. The number of esters is 2.